The molecule has 0 saturated carbocycles. The van der Waals surface area contributed by atoms with Crippen LogP contribution in [0.25, 0.3) is 0 Å². The minimum atomic E-state index is -1.53. The molecule has 4 nitrogen and oxygen atoms in total. The summed E-state index contributed by atoms with van der Waals surface area (Å²) in [5.74, 6) is 0. The van der Waals surface area contributed by atoms with E-state index in [-0.39, 0.29) is 11.8 Å². The van der Waals surface area contributed by atoms with Crippen molar-refractivity contribution in [1.82, 2.24) is 9.80 Å². The van der Waals surface area contributed by atoms with E-state index in [9.17, 15) is 4.79 Å². The molecule has 1 aromatic rings. The first-order valence-electron chi connectivity index (χ1n) is 8.82. The minimum Gasteiger partial charge on any atom is -0.444 e. The lowest BCUT2D eigenvalue weighted by molar-refractivity contribution is 0.00736. The predicted molar refractivity (Wildman–Crippen MR) is 102 cm³/mol. The van der Waals surface area contributed by atoms with E-state index in [0.717, 1.165) is 26.2 Å². The van der Waals surface area contributed by atoms with E-state index in [2.05, 4.69) is 54.9 Å². The van der Waals surface area contributed by atoms with Crippen LogP contribution in [-0.2, 0) is 11.3 Å². The van der Waals surface area contributed by atoms with Gasteiger partial charge in [0, 0.05) is 31.8 Å². The molecule has 1 heterocycles. The molecule has 0 aromatic heterocycles. The maximum absolute atomic E-state index is 12.6. The highest BCUT2D eigenvalue weighted by atomic mass is 28.3. The lowest BCUT2D eigenvalue weighted by Crippen LogP contribution is -2.63. The first-order chi connectivity index (χ1) is 11.1. The van der Waals surface area contributed by atoms with Gasteiger partial charge in [-0.05, 0) is 26.3 Å². The van der Waals surface area contributed by atoms with Gasteiger partial charge in [0.25, 0.3) is 0 Å². The average Bonchev–Trinajstić information content (AvgIpc) is 2.45. The first-order valence-corrected chi connectivity index (χ1v) is 12.4. The Labute approximate surface area is 147 Å². The molecule has 1 atom stereocenters. The van der Waals surface area contributed by atoms with Gasteiger partial charge in [0.05, 0.1) is 8.07 Å². The SMILES string of the molecule is CC(C)(C)OC(=O)N1CCN(Cc2ccccc2)C[C@@H]1[Si](C)(C)C. The molecule has 1 aromatic carbocycles. The average molecular weight is 349 g/mol. The molecule has 0 unspecified atom stereocenters. The topological polar surface area (TPSA) is 32.8 Å². The molecule has 1 aliphatic heterocycles. The van der Waals surface area contributed by atoms with E-state index < -0.39 is 13.7 Å². The smallest absolute Gasteiger partial charge is 0.410 e. The fourth-order valence-corrected chi connectivity index (χ4v) is 5.08. The van der Waals surface area contributed by atoms with E-state index in [4.69, 9.17) is 4.74 Å². The molecule has 1 fully saturated rings. The van der Waals surface area contributed by atoms with Crippen molar-refractivity contribution in [2.75, 3.05) is 19.6 Å². The zero-order chi connectivity index (χ0) is 18.0. The number of benzene rings is 1. The van der Waals surface area contributed by atoms with Crippen LogP contribution in [0.4, 0.5) is 4.79 Å². The van der Waals surface area contributed by atoms with Crippen LogP contribution >= 0.6 is 0 Å². The van der Waals surface area contributed by atoms with Crippen LogP contribution < -0.4 is 0 Å². The number of carbonyl (C=O) groups excluding carboxylic acids is 1. The maximum Gasteiger partial charge on any atom is 0.410 e. The third-order valence-electron chi connectivity index (χ3n) is 4.34. The fourth-order valence-electron chi connectivity index (χ4n) is 3.11. The maximum atomic E-state index is 12.6. The number of ether oxygens (including phenoxy) is 1. The van der Waals surface area contributed by atoms with E-state index in [1.807, 2.05) is 25.7 Å². The summed E-state index contributed by atoms with van der Waals surface area (Å²) >= 11 is 0. The molecule has 2 rings (SSSR count). The Balaban J connectivity index is 2.09. The summed E-state index contributed by atoms with van der Waals surface area (Å²) in [7, 11) is -1.53. The van der Waals surface area contributed by atoms with Crippen molar-refractivity contribution in [2.45, 2.75) is 58.2 Å². The molecule has 134 valence electrons. The normalized spacial score (nSPS) is 20.1. The Morgan fingerprint density at radius 3 is 2.33 bits per heavy atom. The lowest BCUT2D eigenvalue weighted by atomic mass is 10.2. The molecular formula is C19H32N2O2Si. The molecular weight excluding hydrogens is 316 g/mol. The van der Waals surface area contributed by atoms with Crippen molar-refractivity contribution in [3.8, 4) is 0 Å². The summed E-state index contributed by atoms with van der Waals surface area (Å²) in [5.41, 5.74) is 1.17. The Morgan fingerprint density at radius 2 is 1.79 bits per heavy atom. The Hall–Kier alpha value is -1.33. The van der Waals surface area contributed by atoms with Gasteiger partial charge < -0.3 is 9.64 Å². The standard InChI is InChI=1S/C19H32N2O2Si/c1-19(2,3)23-18(22)21-13-12-20(15-17(21)24(4,5)6)14-16-10-8-7-9-11-16/h7-11,17H,12-15H2,1-6H3/t17-/m0/s1. The highest BCUT2D eigenvalue weighted by Gasteiger charge is 2.40. The number of carbonyl (C=O) groups is 1. The van der Waals surface area contributed by atoms with Gasteiger partial charge in [0.2, 0.25) is 0 Å². The molecule has 0 radical (unpaired) electrons. The molecule has 0 bridgehead atoms. The second kappa shape index (κ2) is 7.27. The number of hydrogen-bond acceptors (Lipinski definition) is 3. The third-order valence-corrected chi connectivity index (χ3v) is 6.83. The number of piperazine rings is 1. The molecule has 1 saturated heterocycles. The monoisotopic (exact) mass is 348 g/mol. The van der Waals surface area contributed by atoms with Gasteiger partial charge >= 0.3 is 6.09 Å². The van der Waals surface area contributed by atoms with Gasteiger partial charge in [0.1, 0.15) is 5.60 Å². The van der Waals surface area contributed by atoms with Crippen LogP contribution in [-0.4, -0.2) is 54.9 Å². The van der Waals surface area contributed by atoms with Gasteiger partial charge in [0.15, 0.2) is 0 Å². The number of hydrogen-bond donors (Lipinski definition) is 0. The van der Waals surface area contributed by atoms with Crippen molar-refractivity contribution in [3.05, 3.63) is 35.9 Å². The largest absolute Gasteiger partial charge is 0.444 e. The van der Waals surface area contributed by atoms with Crippen molar-refractivity contribution < 1.29 is 9.53 Å². The van der Waals surface area contributed by atoms with Crippen LogP contribution in [0.15, 0.2) is 30.3 Å². The molecule has 1 amide bonds. The van der Waals surface area contributed by atoms with E-state index in [1.54, 1.807) is 0 Å². The van der Waals surface area contributed by atoms with Crippen LogP contribution in [0, 0.1) is 0 Å². The van der Waals surface area contributed by atoms with Crippen LogP contribution in [0.2, 0.25) is 19.6 Å². The van der Waals surface area contributed by atoms with Crippen molar-refractivity contribution in [3.63, 3.8) is 0 Å². The number of rotatable bonds is 3. The molecule has 1 aliphatic rings. The summed E-state index contributed by atoms with van der Waals surface area (Å²) in [6.07, 6.45) is -0.158. The lowest BCUT2D eigenvalue weighted by Gasteiger charge is -2.46. The minimum absolute atomic E-state index is 0.158. The quantitative estimate of drug-likeness (QED) is 0.775. The number of amides is 1. The van der Waals surface area contributed by atoms with Gasteiger partial charge in [-0.25, -0.2) is 4.79 Å². The molecule has 0 aliphatic carbocycles. The van der Waals surface area contributed by atoms with Crippen LogP contribution in [0.1, 0.15) is 26.3 Å². The summed E-state index contributed by atoms with van der Waals surface area (Å²) in [5, 5.41) is 0. The number of nitrogens with zero attached hydrogens (tertiary/aromatic N) is 2. The van der Waals surface area contributed by atoms with Crippen molar-refractivity contribution >= 4 is 14.2 Å². The summed E-state index contributed by atoms with van der Waals surface area (Å²) in [6, 6.07) is 10.6. The van der Waals surface area contributed by atoms with Crippen molar-refractivity contribution in [1.29, 1.82) is 0 Å². The molecule has 5 heteroatoms. The van der Waals surface area contributed by atoms with Gasteiger partial charge in [-0.2, -0.15) is 0 Å². The Morgan fingerprint density at radius 1 is 1.17 bits per heavy atom. The second-order valence-electron chi connectivity index (χ2n) is 8.78. The summed E-state index contributed by atoms with van der Waals surface area (Å²) in [6.45, 7) is 16.3. The van der Waals surface area contributed by atoms with Gasteiger partial charge in [-0.15, -0.1) is 0 Å². The van der Waals surface area contributed by atoms with Crippen LogP contribution in [0.3, 0.4) is 0 Å². The molecule has 0 spiro atoms. The second-order valence-corrected chi connectivity index (χ2v) is 14.2. The van der Waals surface area contributed by atoms with Crippen molar-refractivity contribution in [2.24, 2.45) is 0 Å². The van der Waals surface area contributed by atoms with E-state index in [0.29, 0.717) is 0 Å². The van der Waals surface area contributed by atoms with E-state index in [1.165, 1.54) is 5.56 Å². The van der Waals surface area contributed by atoms with Gasteiger partial charge in [-0.1, -0.05) is 50.0 Å². The summed E-state index contributed by atoms with van der Waals surface area (Å²) in [4.78, 5) is 17.1. The zero-order valence-corrected chi connectivity index (χ0v) is 17.0. The molecule has 24 heavy (non-hydrogen) atoms. The zero-order valence-electron chi connectivity index (χ0n) is 16.0. The fraction of sp³-hybridized carbons (Fsp3) is 0.632. The molecule has 0 N–H and O–H groups in total. The van der Waals surface area contributed by atoms with E-state index >= 15 is 0 Å². The highest BCUT2D eigenvalue weighted by molar-refractivity contribution is 6.77. The summed E-state index contributed by atoms with van der Waals surface area (Å²) < 4.78 is 5.65. The van der Waals surface area contributed by atoms with Crippen LogP contribution in [0.5, 0.6) is 0 Å². The highest BCUT2D eigenvalue weighted by Crippen LogP contribution is 2.23. The Kier molecular flexibility index (Phi) is 5.76. The predicted octanol–water partition coefficient (Wildman–Crippen LogP) is 3.99. The Bertz CT molecular complexity index is 549. The third kappa shape index (κ3) is 5.35. The van der Waals surface area contributed by atoms with Gasteiger partial charge in [-0.3, -0.25) is 4.90 Å². The first kappa shape index (κ1) is 19.0.